The van der Waals surface area contributed by atoms with E-state index in [1.54, 1.807) is 12.1 Å². The van der Waals surface area contributed by atoms with Crippen LogP contribution < -0.4 is 14.8 Å². The summed E-state index contributed by atoms with van der Waals surface area (Å²) in [5.41, 5.74) is 2.36. The van der Waals surface area contributed by atoms with Crippen LogP contribution >= 0.6 is 0 Å². The van der Waals surface area contributed by atoms with Gasteiger partial charge in [0.25, 0.3) is 0 Å². The Morgan fingerprint density at radius 2 is 1.94 bits per heavy atom. The van der Waals surface area contributed by atoms with Gasteiger partial charge in [-0.3, -0.25) is 4.79 Å². The molecular weight excluding hydrogens is 428 g/mol. The summed E-state index contributed by atoms with van der Waals surface area (Å²) >= 11 is 0. The normalized spacial score (nSPS) is 17.4. The molecule has 1 amide bonds. The predicted octanol–water partition coefficient (Wildman–Crippen LogP) is 3.61. The topological polar surface area (TPSA) is 84.9 Å². The SMILES string of the molecule is COc1ccc(S(=O)(=O)N(C)C)cc1CCC(=O)N[C@H]1CC(C)(C)Oc2cc(C)ccc21. The molecule has 0 radical (unpaired) electrons. The van der Waals surface area contributed by atoms with Crippen LogP contribution in [0.1, 0.15) is 49.4 Å². The summed E-state index contributed by atoms with van der Waals surface area (Å²) in [6.45, 7) is 6.04. The molecule has 1 aliphatic rings. The minimum absolute atomic E-state index is 0.109. The van der Waals surface area contributed by atoms with Crippen LogP contribution in [0.5, 0.6) is 11.5 Å². The van der Waals surface area contributed by atoms with Crippen molar-refractivity contribution in [1.29, 1.82) is 0 Å². The largest absolute Gasteiger partial charge is 0.496 e. The van der Waals surface area contributed by atoms with Gasteiger partial charge >= 0.3 is 0 Å². The van der Waals surface area contributed by atoms with Gasteiger partial charge < -0.3 is 14.8 Å². The first-order valence-corrected chi connectivity index (χ1v) is 12.1. The highest BCUT2D eigenvalue weighted by molar-refractivity contribution is 7.89. The lowest BCUT2D eigenvalue weighted by molar-refractivity contribution is -0.122. The number of hydrogen-bond donors (Lipinski definition) is 1. The highest BCUT2D eigenvalue weighted by atomic mass is 32.2. The number of ether oxygens (including phenoxy) is 2. The van der Waals surface area contributed by atoms with E-state index >= 15 is 0 Å². The molecule has 32 heavy (non-hydrogen) atoms. The third kappa shape index (κ3) is 5.24. The molecular formula is C24H32N2O5S. The predicted molar refractivity (Wildman–Crippen MR) is 124 cm³/mol. The fraction of sp³-hybridized carbons (Fsp3) is 0.458. The molecule has 1 heterocycles. The van der Waals surface area contributed by atoms with Crippen LogP contribution in [0.15, 0.2) is 41.3 Å². The molecule has 0 fully saturated rings. The number of hydrogen-bond acceptors (Lipinski definition) is 5. The number of carbonyl (C=O) groups is 1. The first-order valence-electron chi connectivity index (χ1n) is 10.6. The molecule has 1 aliphatic heterocycles. The number of amides is 1. The van der Waals surface area contributed by atoms with Crippen molar-refractivity contribution in [2.24, 2.45) is 0 Å². The number of benzene rings is 2. The van der Waals surface area contributed by atoms with Gasteiger partial charge in [0.15, 0.2) is 0 Å². The number of nitrogens with zero attached hydrogens (tertiary/aromatic N) is 1. The summed E-state index contributed by atoms with van der Waals surface area (Å²) in [5.74, 6) is 1.25. The lowest BCUT2D eigenvalue weighted by Crippen LogP contribution is -2.41. The Bertz CT molecular complexity index is 1110. The zero-order valence-corrected chi connectivity index (χ0v) is 20.4. The van der Waals surface area contributed by atoms with E-state index in [1.807, 2.05) is 39.0 Å². The van der Waals surface area contributed by atoms with E-state index in [2.05, 4.69) is 5.32 Å². The van der Waals surface area contributed by atoms with Crippen LogP contribution in [0.4, 0.5) is 0 Å². The average molecular weight is 461 g/mol. The Morgan fingerprint density at radius 1 is 1.22 bits per heavy atom. The maximum Gasteiger partial charge on any atom is 0.242 e. The van der Waals surface area contributed by atoms with E-state index in [4.69, 9.17) is 9.47 Å². The second-order valence-electron chi connectivity index (χ2n) is 8.99. The molecule has 0 bridgehead atoms. The third-order valence-electron chi connectivity index (χ3n) is 5.61. The molecule has 0 aromatic heterocycles. The lowest BCUT2D eigenvalue weighted by atomic mass is 9.89. The number of aryl methyl sites for hydroxylation is 2. The third-order valence-corrected chi connectivity index (χ3v) is 7.42. The quantitative estimate of drug-likeness (QED) is 0.682. The Kier molecular flexibility index (Phi) is 6.86. The maximum atomic E-state index is 12.8. The monoisotopic (exact) mass is 460 g/mol. The first kappa shape index (κ1) is 24.1. The van der Waals surface area contributed by atoms with Crippen LogP contribution in [-0.2, 0) is 21.2 Å². The molecule has 7 nitrogen and oxygen atoms in total. The van der Waals surface area contributed by atoms with E-state index in [0.717, 1.165) is 21.2 Å². The highest BCUT2D eigenvalue weighted by Crippen LogP contribution is 2.40. The minimum atomic E-state index is -3.57. The van der Waals surface area contributed by atoms with Crippen LogP contribution in [0.25, 0.3) is 0 Å². The number of fused-ring (bicyclic) bond motifs is 1. The minimum Gasteiger partial charge on any atom is -0.496 e. The summed E-state index contributed by atoms with van der Waals surface area (Å²) in [5, 5.41) is 3.13. The van der Waals surface area contributed by atoms with Gasteiger partial charge in [0.2, 0.25) is 15.9 Å². The van der Waals surface area contributed by atoms with Crippen molar-refractivity contribution >= 4 is 15.9 Å². The van der Waals surface area contributed by atoms with Crippen molar-refractivity contribution in [3.63, 3.8) is 0 Å². The highest BCUT2D eigenvalue weighted by Gasteiger charge is 2.34. The van der Waals surface area contributed by atoms with Crippen molar-refractivity contribution in [3.8, 4) is 11.5 Å². The van der Waals surface area contributed by atoms with Crippen molar-refractivity contribution in [3.05, 3.63) is 53.1 Å². The van der Waals surface area contributed by atoms with E-state index in [0.29, 0.717) is 24.2 Å². The molecule has 174 valence electrons. The summed E-state index contributed by atoms with van der Waals surface area (Å²) < 4.78 is 37.6. The molecule has 0 saturated heterocycles. The fourth-order valence-corrected chi connectivity index (χ4v) is 4.88. The first-order chi connectivity index (χ1) is 14.9. The van der Waals surface area contributed by atoms with Crippen molar-refractivity contribution in [2.45, 2.75) is 56.6 Å². The van der Waals surface area contributed by atoms with Crippen LogP contribution in [0, 0.1) is 6.92 Å². The molecule has 1 N–H and O–H groups in total. The van der Waals surface area contributed by atoms with E-state index in [1.165, 1.54) is 27.3 Å². The smallest absolute Gasteiger partial charge is 0.242 e. The summed E-state index contributed by atoms with van der Waals surface area (Å²) in [6.07, 6.45) is 1.23. The zero-order valence-electron chi connectivity index (χ0n) is 19.6. The molecule has 0 saturated carbocycles. The second kappa shape index (κ2) is 9.11. The molecule has 0 spiro atoms. The lowest BCUT2D eigenvalue weighted by Gasteiger charge is -2.38. The summed E-state index contributed by atoms with van der Waals surface area (Å²) in [7, 11) is 0.933. The van der Waals surface area contributed by atoms with Gasteiger partial charge in [-0.2, -0.15) is 0 Å². The molecule has 1 atom stereocenters. The van der Waals surface area contributed by atoms with Crippen LogP contribution in [0.3, 0.4) is 0 Å². The average Bonchev–Trinajstić information content (AvgIpc) is 2.70. The summed E-state index contributed by atoms with van der Waals surface area (Å²) in [6, 6.07) is 10.6. The van der Waals surface area contributed by atoms with E-state index in [9.17, 15) is 13.2 Å². The van der Waals surface area contributed by atoms with Gasteiger partial charge in [-0.05, 0) is 62.6 Å². The zero-order chi connectivity index (χ0) is 23.7. The van der Waals surface area contributed by atoms with Crippen molar-refractivity contribution in [2.75, 3.05) is 21.2 Å². The molecule has 8 heteroatoms. The molecule has 2 aromatic rings. The number of nitrogens with one attached hydrogen (secondary N) is 1. The maximum absolute atomic E-state index is 12.8. The van der Waals surface area contributed by atoms with Gasteiger partial charge in [0.05, 0.1) is 18.0 Å². The number of rotatable bonds is 7. The van der Waals surface area contributed by atoms with Gasteiger partial charge in [-0.15, -0.1) is 0 Å². The van der Waals surface area contributed by atoms with Crippen molar-refractivity contribution < 1.29 is 22.7 Å². The Morgan fingerprint density at radius 3 is 2.59 bits per heavy atom. The fourth-order valence-electron chi connectivity index (χ4n) is 3.92. The van der Waals surface area contributed by atoms with E-state index < -0.39 is 15.6 Å². The molecule has 3 rings (SSSR count). The van der Waals surface area contributed by atoms with Crippen LogP contribution in [-0.4, -0.2) is 45.4 Å². The Balaban J connectivity index is 1.75. The van der Waals surface area contributed by atoms with Gasteiger partial charge in [-0.1, -0.05) is 12.1 Å². The second-order valence-corrected chi connectivity index (χ2v) is 11.1. The Labute approximate surface area is 190 Å². The summed E-state index contributed by atoms with van der Waals surface area (Å²) in [4.78, 5) is 13.0. The number of sulfonamides is 1. The molecule has 0 unspecified atom stereocenters. The van der Waals surface area contributed by atoms with Crippen molar-refractivity contribution in [1.82, 2.24) is 9.62 Å². The standard InChI is InChI=1S/C24H32N2O5S/c1-16-7-10-19-20(15-24(2,3)31-22(19)13-16)25-23(27)12-8-17-14-18(9-11-21(17)30-6)32(28,29)26(4)5/h7,9-11,13-14,20H,8,12,15H2,1-6H3,(H,25,27)/t20-/m0/s1. The van der Waals surface area contributed by atoms with Crippen LogP contribution in [0.2, 0.25) is 0 Å². The number of carbonyl (C=O) groups excluding carboxylic acids is 1. The van der Waals surface area contributed by atoms with Gasteiger partial charge in [0, 0.05) is 32.5 Å². The molecule has 0 aliphatic carbocycles. The molecule has 2 aromatic carbocycles. The van der Waals surface area contributed by atoms with Gasteiger partial charge in [0.1, 0.15) is 17.1 Å². The van der Waals surface area contributed by atoms with Gasteiger partial charge in [-0.25, -0.2) is 12.7 Å². The number of methoxy groups -OCH3 is 1. The Hall–Kier alpha value is -2.58. The van der Waals surface area contributed by atoms with E-state index in [-0.39, 0.29) is 23.3 Å².